The van der Waals surface area contributed by atoms with Gasteiger partial charge < -0.3 is 154 Å². The summed E-state index contributed by atoms with van der Waals surface area (Å²) in [5.41, 5.74) is 0. The van der Waals surface area contributed by atoms with Gasteiger partial charge in [0.15, 0.2) is 37.7 Å². The fourth-order valence-electron chi connectivity index (χ4n) is 8.52. The van der Waals surface area contributed by atoms with Gasteiger partial charge in [-0.15, -0.1) is 0 Å². The lowest BCUT2D eigenvalue weighted by molar-refractivity contribution is -0.396. The van der Waals surface area contributed by atoms with E-state index in [0.717, 1.165) is 0 Å². The SMILES string of the molecule is OC[C@H]1O[C@H](O[C@H]2[C@H](O)[C@@H](O)[C@H](O[C@H]3[C@H](O)[C@@H](O)[C@@H](O[C@H]4[C@H](O)[C@@H](O)[C@@H](O[C@H]5[C@H](O)[C@@H](O)[C@@H](O[C@H]6[C@H](O)[C@@H](O)[C@H](O)O[C@@H]6CO)O[C@@H]5CO)O[C@@H]4CO)O[C@@H]3CO)O[C@@H]2CO)[C@H](O)[C@@H](O)[C@@H]1O. The van der Waals surface area contributed by atoms with Gasteiger partial charge in [0.05, 0.1) is 39.6 Å². The van der Waals surface area contributed by atoms with Crippen molar-refractivity contribution in [2.24, 2.45) is 0 Å². The van der Waals surface area contributed by atoms with Crippen LogP contribution in [-0.4, -0.2) is 326 Å². The predicted octanol–water partition coefficient (Wildman–Crippen LogP) is -14.1. The largest absolute Gasteiger partial charge is 0.394 e. The van der Waals surface area contributed by atoms with Crippen LogP contribution in [0.1, 0.15) is 0 Å². The first-order valence-electron chi connectivity index (χ1n) is 21.1. The molecule has 6 aliphatic rings. The molecule has 31 heteroatoms. The molecule has 0 aromatic carbocycles. The molecule has 20 N–H and O–H groups in total. The van der Waals surface area contributed by atoms with Crippen LogP contribution in [0.4, 0.5) is 0 Å². The van der Waals surface area contributed by atoms with Crippen LogP contribution in [0.3, 0.4) is 0 Å². The van der Waals surface area contributed by atoms with Crippen molar-refractivity contribution in [2.75, 3.05) is 39.6 Å². The van der Waals surface area contributed by atoms with E-state index >= 15 is 0 Å². The van der Waals surface area contributed by atoms with Gasteiger partial charge in [-0.05, 0) is 0 Å². The van der Waals surface area contributed by atoms with Crippen molar-refractivity contribution in [1.29, 1.82) is 0 Å². The molecule has 0 aliphatic carbocycles. The fraction of sp³-hybridized carbons (Fsp3) is 1.00. The molecule has 0 amide bonds. The van der Waals surface area contributed by atoms with Crippen LogP contribution < -0.4 is 0 Å². The number of hydrogen-bond donors (Lipinski definition) is 20. The molecule has 6 heterocycles. The molecule has 0 saturated carbocycles. The number of rotatable bonds is 16. The molecule has 0 radical (unpaired) electrons. The maximum Gasteiger partial charge on any atom is 0.187 e. The van der Waals surface area contributed by atoms with E-state index in [9.17, 15) is 102 Å². The number of hydrogen-bond acceptors (Lipinski definition) is 31. The van der Waals surface area contributed by atoms with Crippen molar-refractivity contribution in [3.63, 3.8) is 0 Å². The zero-order valence-corrected chi connectivity index (χ0v) is 35.0. The average Bonchev–Trinajstić information content (AvgIpc) is 3.32. The Morgan fingerprint density at radius 1 is 0.224 bits per heavy atom. The third kappa shape index (κ3) is 11.2. The summed E-state index contributed by atoms with van der Waals surface area (Å²) in [5.74, 6) is 0. The average molecular weight is 991 g/mol. The van der Waals surface area contributed by atoms with Gasteiger partial charge in [-0.2, -0.15) is 0 Å². The van der Waals surface area contributed by atoms with E-state index in [1.54, 1.807) is 0 Å². The molecular weight excluding hydrogens is 928 g/mol. The van der Waals surface area contributed by atoms with Gasteiger partial charge in [-0.1, -0.05) is 0 Å². The highest BCUT2D eigenvalue weighted by Gasteiger charge is 2.57. The molecule has 0 unspecified atom stereocenters. The minimum atomic E-state index is -2.18. The summed E-state index contributed by atoms with van der Waals surface area (Å²) in [4.78, 5) is 0. The second kappa shape index (κ2) is 23.5. The van der Waals surface area contributed by atoms with Gasteiger partial charge in [0.25, 0.3) is 0 Å². The number of aliphatic hydroxyl groups excluding tert-OH is 20. The third-order valence-corrected chi connectivity index (χ3v) is 12.4. The second-order valence-corrected chi connectivity index (χ2v) is 16.8. The van der Waals surface area contributed by atoms with Crippen LogP contribution in [0.25, 0.3) is 0 Å². The summed E-state index contributed by atoms with van der Waals surface area (Å²) in [6.07, 6.45) is -56.5. The molecule has 30 atom stereocenters. The van der Waals surface area contributed by atoms with Gasteiger partial charge in [-0.25, -0.2) is 0 Å². The summed E-state index contributed by atoms with van der Waals surface area (Å²) >= 11 is 0. The zero-order chi connectivity index (χ0) is 49.3. The van der Waals surface area contributed by atoms with Crippen LogP contribution in [0.15, 0.2) is 0 Å². The summed E-state index contributed by atoms with van der Waals surface area (Å²) in [5, 5.41) is 209. The number of ether oxygens (including phenoxy) is 11. The summed E-state index contributed by atoms with van der Waals surface area (Å²) in [6.45, 7) is -5.67. The lowest BCUT2D eigenvalue weighted by atomic mass is 9.95. The number of aliphatic hydroxyl groups is 20. The molecule has 0 aromatic rings. The minimum absolute atomic E-state index is 0.830. The summed E-state index contributed by atoms with van der Waals surface area (Å²) in [6, 6.07) is 0. The Balaban J connectivity index is 1.07. The third-order valence-electron chi connectivity index (χ3n) is 12.4. The molecular formula is C36H62O31. The van der Waals surface area contributed by atoms with Gasteiger partial charge in [-0.3, -0.25) is 0 Å². The molecule has 6 saturated heterocycles. The minimum Gasteiger partial charge on any atom is -0.394 e. The van der Waals surface area contributed by atoms with Crippen LogP contribution in [0.2, 0.25) is 0 Å². The van der Waals surface area contributed by atoms with Gasteiger partial charge in [0, 0.05) is 0 Å². The monoisotopic (exact) mass is 990 g/mol. The Morgan fingerprint density at radius 3 is 0.687 bits per heavy atom. The maximum absolute atomic E-state index is 11.2. The first kappa shape index (κ1) is 55.1. The van der Waals surface area contributed by atoms with Crippen molar-refractivity contribution in [1.82, 2.24) is 0 Å². The Morgan fingerprint density at radius 2 is 0.433 bits per heavy atom. The van der Waals surface area contributed by atoms with E-state index < -0.39 is 224 Å². The fourth-order valence-corrected chi connectivity index (χ4v) is 8.52. The van der Waals surface area contributed by atoms with E-state index in [2.05, 4.69) is 0 Å². The van der Waals surface area contributed by atoms with Crippen molar-refractivity contribution in [2.45, 2.75) is 184 Å². The lowest BCUT2D eigenvalue weighted by Gasteiger charge is -2.49. The highest BCUT2D eigenvalue weighted by Crippen LogP contribution is 2.36. The van der Waals surface area contributed by atoms with Crippen molar-refractivity contribution < 1.29 is 154 Å². The lowest BCUT2D eigenvalue weighted by Crippen LogP contribution is -2.68. The molecule has 67 heavy (non-hydrogen) atoms. The maximum atomic E-state index is 11.2. The normalized spacial score (nSPS) is 53.4. The second-order valence-electron chi connectivity index (χ2n) is 16.8. The van der Waals surface area contributed by atoms with Crippen molar-refractivity contribution in [3.05, 3.63) is 0 Å². The highest BCUT2D eigenvalue weighted by atomic mass is 16.8. The topological polar surface area (TPSA) is 506 Å². The molecule has 6 fully saturated rings. The first-order chi connectivity index (χ1) is 31.8. The van der Waals surface area contributed by atoms with Gasteiger partial charge in [0.2, 0.25) is 0 Å². The van der Waals surface area contributed by atoms with Gasteiger partial charge in [0.1, 0.15) is 146 Å². The quantitative estimate of drug-likeness (QED) is 0.0683. The van der Waals surface area contributed by atoms with E-state index in [1.807, 2.05) is 0 Å². The Bertz CT molecular complexity index is 1500. The molecule has 6 rings (SSSR count). The van der Waals surface area contributed by atoms with E-state index in [-0.39, 0.29) is 0 Å². The molecule has 0 spiro atoms. The van der Waals surface area contributed by atoms with Crippen molar-refractivity contribution in [3.8, 4) is 0 Å². The molecule has 6 aliphatic heterocycles. The van der Waals surface area contributed by atoms with Crippen LogP contribution in [0, 0.1) is 0 Å². The Kier molecular flexibility index (Phi) is 19.4. The van der Waals surface area contributed by atoms with Crippen LogP contribution >= 0.6 is 0 Å². The molecule has 0 aromatic heterocycles. The summed E-state index contributed by atoms with van der Waals surface area (Å²) in [7, 11) is 0. The Hall–Kier alpha value is -1.24. The molecule has 31 nitrogen and oxygen atoms in total. The molecule has 392 valence electrons. The van der Waals surface area contributed by atoms with Crippen LogP contribution in [-0.2, 0) is 52.1 Å². The smallest absolute Gasteiger partial charge is 0.187 e. The van der Waals surface area contributed by atoms with E-state index in [0.29, 0.717) is 0 Å². The summed E-state index contributed by atoms with van der Waals surface area (Å²) < 4.78 is 60.5. The van der Waals surface area contributed by atoms with Crippen LogP contribution in [0.5, 0.6) is 0 Å². The standard InChI is InChI=1S/C36H62O31/c37-1-7-13(43)14(44)21(51)32(58-7)64-27-9(3-39)60-34(23(53)16(27)46)66-29-11(5-41)62-36(25(55)18(29)48)67-30-12(6-42)61-35(24(54)19(30)49)65-28-10(4-40)59-33(22(52)17(28)47)63-26-8(2-38)57-31(56)20(50)15(26)45/h7-56H,1-6H2/t7-,8-,9-,10-,11-,12-,13-,14+,15-,16-,17-,18-,19-,20-,21-,22-,23-,24-,25-,26-,27-,28-,29-,30-,31-,32-,33-,34+,35-,36-/m1/s1. The zero-order valence-electron chi connectivity index (χ0n) is 35.0. The van der Waals surface area contributed by atoms with E-state index in [4.69, 9.17) is 52.1 Å². The molecule has 0 bridgehead atoms. The van der Waals surface area contributed by atoms with E-state index in [1.165, 1.54) is 0 Å². The highest BCUT2D eigenvalue weighted by molar-refractivity contribution is 5.00. The van der Waals surface area contributed by atoms with Gasteiger partial charge >= 0.3 is 0 Å². The Labute approximate surface area is 378 Å². The first-order valence-corrected chi connectivity index (χ1v) is 21.1. The van der Waals surface area contributed by atoms with Crippen molar-refractivity contribution >= 4 is 0 Å². The predicted molar refractivity (Wildman–Crippen MR) is 199 cm³/mol.